The molecule has 0 fully saturated rings. The Morgan fingerprint density at radius 3 is 2.79 bits per heavy atom. The maximum Gasteiger partial charge on any atom is 0.270 e. The van der Waals surface area contributed by atoms with E-state index < -0.39 is 0 Å². The molecule has 7 heteroatoms. The summed E-state index contributed by atoms with van der Waals surface area (Å²) in [5.41, 5.74) is 1.79. The van der Waals surface area contributed by atoms with Crippen LogP contribution in [0, 0.1) is 6.92 Å². The van der Waals surface area contributed by atoms with Crippen molar-refractivity contribution in [3.63, 3.8) is 0 Å². The number of amides is 1. The summed E-state index contributed by atoms with van der Waals surface area (Å²) >= 11 is 5.92. The number of nitrogens with zero attached hydrogens (tertiary/aromatic N) is 2. The first-order valence-electron chi connectivity index (χ1n) is 7.19. The van der Waals surface area contributed by atoms with E-state index in [0.29, 0.717) is 16.3 Å². The zero-order chi connectivity index (χ0) is 16.9. The minimum atomic E-state index is -0.381. The highest BCUT2D eigenvalue weighted by molar-refractivity contribution is 6.30. The van der Waals surface area contributed by atoms with Crippen LogP contribution in [-0.2, 0) is 4.79 Å². The molecule has 0 radical (unpaired) electrons. The standard InChI is InChI=1S/C17H14ClN3O3/c1-11-5-7-14(8-6-11)23-10-15(22)19-17-20-16(24-21-17)12-3-2-4-13(18)9-12/h2-9H,10H2,1H3,(H,19,21,22). The van der Waals surface area contributed by atoms with Crippen molar-refractivity contribution in [2.75, 3.05) is 11.9 Å². The molecule has 1 aromatic heterocycles. The van der Waals surface area contributed by atoms with Gasteiger partial charge in [-0.3, -0.25) is 10.1 Å². The number of carbonyl (C=O) groups excluding carboxylic acids is 1. The van der Waals surface area contributed by atoms with E-state index in [1.807, 2.05) is 19.1 Å². The molecule has 24 heavy (non-hydrogen) atoms. The number of hydrogen-bond acceptors (Lipinski definition) is 5. The Bertz CT molecular complexity index is 846. The van der Waals surface area contributed by atoms with Crippen LogP contribution in [0.25, 0.3) is 11.5 Å². The lowest BCUT2D eigenvalue weighted by Gasteiger charge is -2.05. The van der Waals surface area contributed by atoms with E-state index in [1.54, 1.807) is 36.4 Å². The van der Waals surface area contributed by atoms with Gasteiger partial charge in [-0.2, -0.15) is 4.98 Å². The normalized spacial score (nSPS) is 10.4. The predicted molar refractivity (Wildman–Crippen MR) is 90.0 cm³/mol. The van der Waals surface area contributed by atoms with Crippen LogP contribution >= 0.6 is 11.6 Å². The molecule has 0 saturated heterocycles. The number of anilines is 1. The lowest BCUT2D eigenvalue weighted by molar-refractivity contribution is -0.118. The number of hydrogen-bond donors (Lipinski definition) is 1. The molecule has 122 valence electrons. The highest BCUT2D eigenvalue weighted by atomic mass is 35.5. The van der Waals surface area contributed by atoms with Crippen LogP contribution in [0.3, 0.4) is 0 Å². The number of aryl methyl sites for hydroxylation is 1. The Morgan fingerprint density at radius 2 is 2.04 bits per heavy atom. The minimum absolute atomic E-state index is 0.0717. The fraction of sp³-hybridized carbons (Fsp3) is 0.118. The zero-order valence-electron chi connectivity index (χ0n) is 12.8. The summed E-state index contributed by atoms with van der Waals surface area (Å²) in [4.78, 5) is 16.0. The van der Waals surface area contributed by atoms with Crippen LogP contribution in [0.2, 0.25) is 5.02 Å². The van der Waals surface area contributed by atoms with Gasteiger partial charge in [-0.1, -0.05) is 35.4 Å². The second-order valence-electron chi connectivity index (χ2n) is 5.08. The van der Waals surface area contributed by atoms with Crippen molar-refractivity contribution in [2.24, 2.45) is 0 Å². The molecule has 3 rings (SSSR count). The number of rotatable bonds is 5. The van der Waals surface area contributed by atoms with Crippen molar-refractivity contribution >= 4 is 23.5 Å². The summed E-state index contributed by atoms with van der Waals surface area (Å²) in [5.74, 6) is 0.576. The summed E-state index contributed by atoms with van der Waals surface area (Å²) in [6, 6.07) is 14.4. The molecule has 0 aliphatic carbocycles. The third kappa shape index (κ3) is 4.11. The Hall–Kier alpha value is -2.86. The summed E-state index contributed by atoms with van der Waals surface area (Å²) in [7, 11) is 0. The Labute approximate surface area is 143 Å². The lowest BCUT2D eigenvalue weighted by Crippen LogP contribution is -2.20. The zero-order valence-corrected chi connectivity index (χ0v) is 13.6. The number of aromatic nitrogens is 2. The molecule has 3 aromatic rings. The maximum atomic E-state index is 11.9. The molecule has 1 heterocycles. The number of nitrogens with one attached hydrogen (secondary N) is 1. The van der Waals surface area contributed by atoms with Crippen LogP contribution < -0.4 is 10.1 Å². The van der Waals surface area contributed by atoms with Gasteiger partial charge in [0.15, 0.2) is 6.61 Å². The third-order valence-corrected chi connectivity index (χ3v) is 3.37. The molecule has 2 aromatic carbocycles. The molecule has 0 unspecified atom stereocenters. The number of benzene rings is 2. The van der Waals surface area contributed by atoms with E-state index in [1.165, 1.54) is 0 Å². The van der Waals surface area contributed by atoms with Gasteiger partial charge in [0, 0.05) is 10.6 Å². The summed E-state index contributed by atoms with van der Waals surface area (Å²) in [6.07, 6.45) is 0. The van der Waals surface area contributed by atoms with Gasteiger partial charge in [-0.25, -0.2) is 0 Å². The Balaban J connectivity index is 1.58. The highest BCUT2D eigenvalue weighted by Gasteiger charge is 2.12. The smallest absolute Gasteiger partial charge is 0.270 e. The van der Waals surface area contributed by atoms with Crippen molar-refractivity contribution < 1.29 is 14.1 Å². The predicted octanol–water partition coefficient (Wildman–Crippen LogP) is 3.72. The number of halogens is 1. The van der Waals surface area contributed by atoms with Crippen LogP contribution in [0.1, 0.15) is 5.56 Å². The molecule has 0 atom stereocenters. The van der Waals surface area contributed by atoms with E-state index >= 15 is 0 Å². The molecule has 1 amide bonds. The van der Waals surface area contributed by atoms with Gasteiger partial charge in [0.25, 0.3) is 17.7 Å². The largest absolute Gasteiger partial charge is 0.484 e. The molecule has 1 N–H and O–H groups in total. The molecular weight excluding hydrogens is 330 g/mol. The second kappa shape index (κ2) is 7.14. The van der Waals surface area contributed by atoms with Gasteiger partial charge < -0.3 is 9.26 Å². The van der Waals surface area contributed by atoms with E-state index in [9.17, 15) is 4.79 Å². The van der Waals surface area contributed by atoms with E-state index in [0.717, 1.165) is 5.56 Å². The van der Waals surface area contributed by atoms with Crippen molar-refractivity contribution in [3.8, 4) is 17.2 Å². The van der Waals surface area contributed by atoms with Gasteiger partial charge in [0.1, 0.15) is 5.75 Å². The molecule has 0 aliphatic rings. The van der Waals surface area contributed by atoms with Gasteiger partial charge >= 0.3 is 0 Å². The van der Waals surface area contributed by atoms with Crippen LogP contribution in [-0.4, -0.2) is 22.7 Å². The summed E-state index contributed by atoms with van der Waals surface area (Å²) < 4.78 is 10.5. The fourth-order valence-electron chi connectivity index (χ4n) is 1.96. The SMILES string of the molecule is Cc1ccc(OCC(=O)Nc2noc(-c3cccc(Cl)c3)n2)cc1. The molecule has 0 spiro atoms. The average Bonchev–Trinajstić information content (AvgIpc) is 3.03. The third-order valence-electron chi connectivity index (χ3n) is 3.14. The van der Waals surface area contributed by atoms with Crippen LogP contribution in [0.5, 0.6) is 5.75 Å². The number of ether oxygens (including phenoxy) is 1. The van der Waals surface area contributed by atoms with Crippen molar-refractivity contribution in [1.82, 2.24) is 10.1 Å². The van der Waals surface area contributed by atoms with Gasteiger partial charge in [-0.15, -0.1) is 0 Å². The number of carbonyl (C=O) groups is 1. The van der Waals surface area contributed by atoms with Crippen LogP contribution in [0.4, 0.5) is 5.95 Å². The summed E-state index contributed by atoms with van der Waals surface area (Å²) in [5, 5.41) is 6.79. The molecule has 6 nitrogen and oxygen atoms in total. The molecule has 0 aliphatic heterocycles. The first-order chi connectivity index (χ1) is 11.6. The van der Waals surface area contributed by atoms with Gasteiger partial charge in [0.2, 0.25) is 0 Å². The Morgan fingerprint density at radius 1 is 1.25 bits per heavy atom. The molecule has 0 saturated carbocycles. The average molecular weight is 344 g/mol. The molecular formula is C17H14ClN3O3. The van der Waals surface area contributed by atoms with E-state index in [2.05, 4.69) is 15.5 Å². The second-order valence-corrected chi connectivity index (χ2v) is 5.52. The first-order valence-corrected chi connectivity index (χ1v) is 7.57. The van der Waals surface area contributed by atoms with Gasteiger partial charge in [0.05, 0.1) is 0 Å². The molecule has 0 bridgehead atoms. The van der Waals surface area contributed by atoms with E-state index in [-0.39, 0.29) is 24.4 Å². The lowest BCUT2D eigenvalue weighted by atomic mass is 10.2. The van der Waals surface area contributed by atoms with Crippen molar-refractivity contribution in [3.05, 3.63) is 59.1 Å². The van der Waals surface area contributed by atoms with Gasteiger partial charge in [-0.05, 0) is 42.4 Å². The first kappa shape index (κ1) is 16.0. The summed E-state index contributed by atoms with van der Waals surface area (Å²) in [6.45, 7) is 1.83. The quantitative estimate of drug-likeness (QED) is 0.764. The monoisotopic (exact) mass is 343 g/mol. The maximum absolute atomic E-state index is 11.9. The van der Waals surface area contributed by atoms with Crippen LogP contribution in [0.15, 0.2) is 53.1 Å². The minimum Gasteiger partial charge on any atom is -0.484 e. The Kier molecular flexibility index (Phi) is 4.77. The topological polar surface area (TPSA) is 77.2 Å². The van der Waals surface area contributed by atoms with Crippen molar-refractivity contribution in [2.45, 2.75) is 6.92 Å². The fourth-order valence-corrected chi connectivity index (χ4v) is 2.15. The highest BCUT2D eigenvalue weighted by Crippen LogP contribution is 2.21. The van der Waals surface area contributed by atoms with E-state index in [4.69, 9.17) is 20.9 Å². The van der Waals surface area contributed by atoms with Crippen molar-refractivity contribution in [1.29, 1.82) is 0 Å².